The van der Waals surface area contributed by atoms with Crippen molar-refractivity contribution in [3.05, 3.63) is 70.2 Å². The Balaban J connectivity index is 1.65. The van der Waals surface area contributed by atoms with Crippen LogP contribution in [0, 0.1) is 0 Å². The lowest BCUT2D eigenvalue weighted by Gasteiger charge is -2.23. The summed E-state index contributed by atoms with van der Waals surface area (Å²) < 4.78 is 0. The van der Waals surface area contributed by atoms with E-state index in [9.17, 15) is 9.59 Å². The van der Waals surface area contributed by atoms with E-state index in [4.69, 9.17) is 16.7 Å². The molecule has 1 aliphatic heterocycles. The summed E-state index contributed by atoms with van der Waals surface area (Å²) in [4.78, 5) is 25.3. The summed E-state index contributed by atoms with van der Waals surface area (Å²) in [6.07, 6.45) is 1.00. The quantitative estimate of drug-likeness (QED) is 0.809. The second kappa shape index (κ2) is 8.23. The van der Waals surface area contributed by atoms with Crippen molar-refractivity contribution in [1.82, 2.24) is 10.2 Å². The standard InChI is InChI=1S/C20H21ClN2O3/c21-18-8-4-7-15-12-23(13-17(15)18)20(26)22-16(9-10-19(24)25)11-14-5-2-1-3-6-14/h1-8,16H,9-13H2,(H,22,26)(H,24,25). The fourth-order valence-corrected chi connectivity index (χ4v) is 3.47. The third-order valence-corrected chi connectivity index (χ3v) is 4.93. The zero-order chi connectivity index (χ0) is 18.5. The van der Waals surface area contributed by atoms with E-state index in [1.807, 2.05) is 48.5 Å². The van der Waals surface area contributed by atoms with Crippen LogP contribution in [0.1, 0.15) is 29.5 Å². The van der Waals surface area contributed by atoms with Gasteiger partial charge in [0.2, 0.25) is 0 Å². The molecule has 2 aromatic rings. The predicted octanol–water partition coefficient (Wildman–Crippen LogP) is 3.84. The monoisotopic (exact) mass is 372 g/mol. The number of hydrogen-bond donors (Lipinski definition) is 2. The molecule has 0 aromatic heterocycles. The minimum Gasteiger partial charge on any atom is -0.481 e. The van der Waals surface area contributed by atoms with Crippen LogP contribution in [0.2, 0.25) is 5.02 Å². The molecule has 26 heavy (non-hydrogen) atoms. The fraction of sp³-hybridized carbons (Fsp3) is 0.300. The average molecular weight is 373 g/mol. The van der Waals surface area contributed by atoms with Crippen LogP contribution in [0.15, 0.2) is 48.5 Å². The van der Waals surface area contributed by atoms with Gasteiger partial charge < -0.3 is 15.3 Å². The second-order valence-electron chi connectivity index (χ2n) is 6.50. The van der Waals surface area contributed by atoms with Gasteiger partial charge in [-0.2, -0.15) is 0 Å². The van der Waals surface area contributed by atoms with Crippen molar-refractivity contribution in [2.75, 3.05) is 0 Å². The topological polar surface area (TPSA) is 69.6 Å². The van der Waals surface area contributed by atoms with Crippen LogP contribution in [0.3, 0.4) is 0 Å². The highest BCUT2D eigenvalue weighted by Gasteiger charge is 2.26. The van der Waals surface area contributed by atoms with Gasteiger partial charge in [0, 0.05) is 30.6 Å². The first-order valence-corrected chi connectivity index (χ1v) is 8.98. The Labute approximate surface area is 157 Å². The molecular weight excluding hydrogens is 352 g/mol. The maximum Gasteiger partial charge on any atom is 0.318 e. The molecule has 1 heterocycles. The van der Waals surface area contributed by atoms with Crippen LogP contribution in [0.5, 0.6) is 0 Å². The van der Waals surface area contributed by atoms with E-state index < -0.39 is 5.97 Å². The fourth-order valence-electron chi connectivity index (χ4n) is 3.21. The minimum atomic E-state index is -0.863. The number of carbonyl (C=O) groups excluding carboxylic acids is 1. The molecule has 5 nitrogen and oxygen atoms in total. The predicted molar refractivity (Wildman–Crippen MR) is 100 cm³/mol. The molecule has 0 saturated heterocycles. The summed E-state index contributed by atoms with van der Waals surface area (Å²) in [6, 6.07) is 15.0. The van der Waals surface area contributed by atoms with E-state index in [0.29, 0.717) is 31.0 Å². The van der Waals surface area contributed by atoms with Crippen LogP contribution in [-0.2, 0) is 24.3 Å². The summed E-state index contributed by atoms with van der Waals surface area (Å²) in [5.41, 5.74) is 3.10. The first-order chi connectivity index (χ1) is 12.5. The molecule has 1 atom stereocenters. The van der Waals surface area contributed by atoms with Crippen molar-refractivity contribution in [2.24, 2.45) is 0 Å². The Morgan fingerprint density at radius 1 is 1.12 bits per heavy atom. The van der Waals surface area contributed by atoms with Crippen LogP contribution >= 0.6 is 11.6 Å². The van der Waals surface area contributed by atoms with Crippen molar-refractivity contribution in [1.29, 1.82) is 0 Å². The molecule has 2 N–H and O–H groups in total. The van der Waals surface area contributed by atoms with Gasteiger partial charge >= 0.3 is 12.0 Å². The van der Waals surface area contributed by atoms with Gasteiger partial charge in [-0.25, -0.2) is 4.79 Å². The number of hydrogen-bond acceptors (Lipinski definition) is 2. The molecule has 0 spiro atoms. The Bertz CT molecular complexity index is 795. The van der Waals surface area contributed by atoms with E-state index in [1.54, 1.807) is 4.90 Å². The van der Waals surface area contributed by atoms with E-state index in [1.165, 1.54) is 0 Å². The van der Waals surface area contributed by atoms with Crippen molar-refractivity contribution in [2.45, 2.75) is 38.4 Å². The van der Waals surface area contributed by atoms with Crippen LogP contribution in [-0.4, -0.2) is 28.0 Å². The Hall–Kier alpha value is -2.53. The molecule has 6 heteroatoms. The number of nitrogens with one attached hydrogen (secondary N) is 1. The third-order valence-electron chi connectivity index (χ3n) is 4.57. The molecule has 0 aliphatic carbocycles. The zero-order valence-electron chi connectivity index (χ0n) is 14.3. The van der Waals surface area contributed by atoms with E-state index >= 15 is 0 Å². The van der Waals surface area contributed by atoms with Crippen molar-refractivity contribution in [3.63, 3.8) is 0 Å². The number of rotatable bonds is 6. The van der Waals surface area contributed by atoms with Gasteiger partial charge in [-0.1, -0.05) is 54.1 Å². The lowest BCUT2D eigenvalue weighted by Crippen LogP contribution is -2.43. The number of nitrogens with zero attached hydrogens (tertiary/aromatic N) is 1. The van der Waals surface area contributed by atoms with E-state index in [-0.39, 0.29) is 18.5 Å². The average Bonchev–Trinajstić information content (AvgIpc) is 3.06. The summed E-state index contributed by atoms with van der Waals surface area (Å²) in [5, 5.41) is 12.7. The van der Waals surface area contributed by atoms with Gasteiger partial charge in [0.25, 0.3) is 0 Å². The number of fused-ring (bicyclic) bond motifs is 1. The lowest BCUT2D eigenvalue weighted by molar-refractivity contribution is -0.137. The van der Waals surface area contributed by atoms with Crippen molar-refractivity contribution in [3.8, 4) is 0 Å². The maximum atomic E-state index is 12.7. The van der Waals surface area contributed by atoms with Gasteiger partial charge in [-0.05, 0) is 35.6 Å². The normalized spacial score (nSPS) is 14.0. The van der Waals surface area contributed by atoms with E-state index in [2.05, 4.69) is 5.32 Å². The first-order valence-electron chi connectivity index (χ1n) is 8.60. The molecule has 0 radical (unpaired) electrons. The highest BCUT2D eigenvalue weighted by molar-refractivity contribution is 6.31. The Morgan fingerprint density at radius 3 is 2.58 bits per heavy atom. The SMILES string of the molecule is O=C(O)CCC(Cc1ccccc1)NC(=O)N1Cc2cccc(Cl)c2C1. The minimum absolute atomic E-state index is 0.0177. The smallest absolute Gasteiger partial charge is 0.318 e. The number of benzene rings is 2. The number of carboxylic acid groups (broad SMARTS) is 1. The number of halogens is 1. The molecule has 0 fully saturated rings. The Kier molecular flexibility index (Phi) is 5.78. The number of amides is 2. The van der Waals surface area contributed by atoms with Crippen LogP contribution in [0.25, 0.3) is 0 Å². The molecular formula is C20H21ClN2O3. The highest BCUT2D eigenvalue weighted by Crippen LogP contribution is 2.29. The first kappa shape index (κ1) is 18.3. The van der Waals surface area contributed by atoms with Gasteiger partial charge in [0.15, 0.2) is 0 Å². The molecule has 1 aliphatic rings. The lowest BCUT2D eigenvalue weighted by atomic mass is 10.0. The molecule has 0 saturated carbocycles. The van der Waals surface area contributed by atoms with Crippen LogP contribution < -0.4 is 5.32 Å². The summed E-state index contributed by atoms with van der Waals surface area (Å²) in [7, 11) is 0. The van der Waals surface area contributed by atoms with Gasteiger partial charge in [-0.15, -0.1) is 0 Å². The van der Waals surface area contributed by atoms with Gasteiger partial charge in [-0.3, -0.25) is 4.79 Å². The molecule has 0 bridgehead atoms. The second-order valence-corrected chi connectivity index (χ2v) is 6.91. The molecule has 2 amide bonds. The van der Waals surface area contributed by atoms with Crippen LogP contribution in [0.4, 0.5) is 4.79 Å². The summed E-state index contributed by atoms with van der Waals surface area (Å²) in [6.45, 7) is 0.983. The molecule has 2 aromatic carbocycles. The van der Waals surface area contributed by atoms with Crippen molar-refractivity contribution >= 4 is 23.6 Å². The maximum absolute atomic E-state index is 12.7. The number of urea groups is 1. The summed E-state index contributed by atoms with van der Waals surface area (Å²) in [5.74, 6) is -0.863. The van der Waals surface area contributed by atoms with Gasteiger partial charge in [0.05, 0.1) is 0 Å². The molecule has 136 valence electrons. The number of carboxylic acids is 1. The summed E-state index contributed by atoms with van der Waals surface area (Å²) >= 11 is 6.21. The number of aliphatic carboxylic acids is 1. The molecule has 1 unspecified atom stereocenters. The Morgan fingerprint density at radius 2 is 1.88 bits per heavy atom. The van der Waals surface area contributed by atoms with Gasteiger partial charge in [0.1, 0.15) is 0 Å². The van der Waals surface area contributed by atoms with E-state index in [0.717, 1.165) is 16.7 Å². The number of carbonyl (C=O) groups is 2. The zero-order valence-corrected chi connectivity index (χ0v) is 15.1. The highest BCUT2D eigenvalue weighted by atomic mass is 35.5. The largest absolute Gasteiger partial charge is 0.481 e. The van der Waals surface area contributed by atoms with Crippen molar-refractivity contribution < 1.29 is 14.7 Å². The molecule has 3 rings (SSSR count). The third kappa shape index (κ3) is 4.55.